The Kier molecular flexibility index (Phi) is 3.28. The molecule has 0 N–H and O–H groups in total. The van der Waals surface area contributed by atoms with Crippen molar-refractivity contribution in [1.82, 2.24) is 0 Å². The van der Waals surface area contributed by atoms with Crippen LogP contribution < -0.4 is 0 Å². The maximum Gasteiger partial charge on any atom is 0.286 e. The van der Waals surface area contributed by atoms with E-state index in [-0.39, 0.29) is 0 Å². The molecule has 2 heterocycles. The van der Waals surface area contributed by atoms with Gasteiger partial charge in [-0.2, -0.15) is 0 Å². The molecule has 11 heavy (non-hydrogen) atoms. The Morgan fingerprint density at radius 3 is 2.64 bits per heavy atom. The van der Waals surface area contributed by atoms with Crippen molar-refractivity contribution >= 4 is 74.6 Å². The predicted octanol–water partition coefficient (Wildman–Crippen LogP) is 3.46. The van der Waals surface area contributed by atoms with Crippen molar-refractivity contribution in [3.63, 3.8) is 0 Å². The van der Waals surface area contributed by atoms with Crippen molar-refractivity contribution in [2.45, 2.75) is 3.26 Å². The van der Waals surface area contributed by atoms with E-state index in [1.54, 1.807) is 0 Å². The van der Waals surface area contributed by atoms with Crippen LogP contribution in [-0.4, -0.2) is 8.62 Å². The van der Waals surface area contributed by atoms with Crippen LogP contribution in [0.25, 0.3) is 0 Å². The molecular formula is C6H4IS4+. The van der Waals surface area contributed by atoms with Gasteiger partial charge in [0, 0.05) is 0 Å². The van der Waals surface area contributed by atoms with Crippen molar-refractivity contribution in [3.05, 3.63) is 19.3 Å². The van der Waals surface area contributed by atoms with E-state index < -0.39 is 0 Å². The van der Waals surface area contributed by atoms with Crippen LogP contribution in [0.1, 0.15) is 0 Å². The Hall–Kier alpha value is 1.35. The molecule has 1 unspecified atom stereocenters. The maximum absolute atomic E-state index is 2.45. The standard InChI is InChI=1S/C6H4IS4/c7-4-3-10-6(11-4)5-8-1-2-9-5/h1-4H/q+1. The van der Waals surface area contributed by atoms with Gasteiger partial charge in [-0.1, -0.05) is 46.1 Å². The number of halogens is 1. The minimum atomic E-state index is 0.655. The monoisotopic (exact) mass is 331 g/mol. The highest BCUT2D eigenvalue weighted by Crippen LogP contribution is 2.45. The summed E-state index contributed by atoms with van der Waals surface area (Å²) in [7, 11) is 0. The molecule has 0 saturated heterocycles. The SMILES string of the molecule is IC1C=[S+]C(=C2SC=CS2)S1. The third-order valence-electron chi connectivity index (χ3n) is 1.07. The molecule has 0 bridgehead atoms. The molecule has 2 rings (SSSR count). The number of alkyl halides is 1. The van der Waals surface area contributed by atoms with Gasteiger partial charge in [0.25, 0.3) is 4.24 Å². The molecule has 0 saturated carbocycles. The first-order valence-corrected chi connectivity index (χ1v) is 7.66. The molecule has 2 aliphatic rings. The molecule has 2 aliphatic heterocycles. The summed E-state index contributed by atoms with van der Waals surface area (Å²) in [5, 5.41) is 6.58. The van der Waals surface area contributed by atoms with Crippen LogP contribution in [0, 0.1) is 0 Å². The van der Waals surface area contributed by atoms with Crippen LogP contribution in [0.2, 0.25) is 0 Å². The van der Waals surface area contributed by atoms with Crippen molar-refractivity contribution in [1.29, 1.82) is 0 Å². The molecular weight excluding hydrogens is 327 g/mol. The van der Waals surface area contributed by atoms with Gasteiger partial charge in [0.2, 0.25) is 11.4 Å². The third kappa shape index (κ3) is 2.18. The molecule has 0 nitrogen and oxygen atoms in total. The lowest BCUT2D eigenvalue weighted by molar-refractivity contribution is 2.08. The molecule has 0 aliphatic carbocycles. The Bertz CT molecular complexity index is 245. The van der Waals surface area contributed by atoms with Gasteiger partial charge in [0.05, 0.1) is 0 Å². The van der Waals surface area contributed by atoms with Gasteiger partial charge in [-0.25, -0.2) is 0 Å². The highest BCUT2D eigenvalue weighted by molar-refractivity contribution is 14.1. The predicted molar refractivity (Wildman–Crippen MR) is 70.2 cm³/mol. The van der Waals surface area contributed by atoms with E-state index in [4.69, 9.17) is 0 Å². The molecule has 0 aromatic rings. The number of thioether (sulfide) groups is 3. The highest BCUT2D eigenvalue weighted by Gasteiger charge is 2.29. The Morgan fingerprint density at radius 1 is 1.36 bits per heavy atom. The Morgan fingerprint density at radius 2 is 2.09 bits per heavy atom. The van der Waals surface area contributed by atoms with Gasteiger partial charge in [-0.3, -0.25) is 0 Å². The zero-order valence-corrected chi connectivity index (χ0v) is 10.7. The summed E-state index contributed by atoms with van der Waals surface area (Å²) in [5.41, 5.74) is 0. The lowest BCUT2D eigenvalue weighted by atomic mass is 11.0. The maximum atomic E-state index is 2.45. The van der Waals surface area contributed by atoms with Crippen LogP contribution in [0.5, 0.6) is 0 Å². The molecule has 1 atom stereocenters. The molecule has 0 radical (unpaired) electrons. The van der Waals surface area contributed by atoms with Gasteiger partial charge < -0.3 is 0 Å². The zero-order chi connectivity index (χ0) is 7.68. The van der Waals surface area contributed by atoms with Gasteiger partial charge in [0.15, 0.2) is 5.37 Å². The second-order valence-electron chi connectivity index (χ2n) is 1.81. The van der Waals surface area contributed by atoms with Crippen molar-refractivity contribution in [2.75, 3.05) is 0 Å². The summed E-state index contributed by atoms with van der Waals surface area (Å²) in [5.74, 6) is 0. The normalized spacial score (nSPS) is 29.0. The first kappa shape index (κ1) is 8.93. The van der Waals surface area contributed by atoms with E-state index in [0.29, 0.717) is 3.26 Å². The van der Waals surface area contributed by atoms with Gasteiger partial charge in [0.1, 0.15) is 7.49 Å². The van der Waals surface area contributed by atoms with E-state index in [1.165, 1.54) is 8.47 Å². The van der Waals surface area contributed by atoms with Crippen molar-refractivity contribution < 1.29 is 0 Å². The summed E-state index contributed by atoms with van der Waals surface area (Å²) in [4.78, 5) is 0. The fourth-order valence-electron chi connectivity index (χ4n) is 0.672. The van der Waals surface area contributed by atoms with E-state index >= 15 is 0 Å². The number of hydrogen-bond donors (Lipinski definition) is 0. The summed E-state index contributed by atoms with van der Waals surface area (Å²) >= 11 is 9.96. The minimum Gasteiger partial charge on any atom is -0.0838 e. The second kappa shape index (κ2) is 4.04. The third-order valence-corrected chi connectivity index (χ3v) is 7.69. The summed E-state index contributed by atoms with van der Waals surface area (Å²) in [6.45, 7) is 0. The fraction of sp³-hybridized carbons (Fsp3) is 0.167. The van der Waals surface area contributed by atoms with Gasteiger partial charge in [-0.05, 0) is 22.6 Å². The number of hydrogen-bond acceptors (Lipinski definition) is 3. The second-order valence-corrected chi connectivity index (χ2v) is 8.41. The van der Waals surface area contributed by atoms with E-state index in [1.807, 2.05) is 46.6 Å². The molecule has 0 spiro atoms. The molecule has 58 valence electrons. The summed E-state index contributed by atoms with van der Waals surface area (Å²) < 4.78 is 3.58. The molecule has 0 amide bonds. The van der Waals surface area contributed by atoms with Crippen molar-refractivity contribution in [3.8, 4) is 0 Å². The van der Waals surface area contributed by atoms with E-state index in [9.17, 15) is 0 Å². The highest BCUT2D eigenvalue weighted by atomic mass is 127. The molecule has 0 aromatic carbocycles. The fourth-order valence-corrected chi connectivity index (χ4v) is 6.70. The molecule has 0 aromatic heterocycles. The van der Waals surface area contributed by atoms with Crippen LogP contribution in [0.15, 0.2) is 19.3 Å². The lowest BCUT2D eigenvalue weighted by Gasteiger charge is -1.90. The topological polar surface area (TPSA) is 0 Å². The average molecular weight is 331 g/mol. The van der Waals surface area contributed by atoms with Crippen LogP contribution in [0.4, 0.5) is 0 Å². The quantitative estimate of drug-likeness (QED) is 0.289. The van der Waals surface area contributed by atoms with E-state index in [2.05, 4.69) is 38.8 Å². The van der Waals surface area contributed by atoms with Crippen LogP contribution >= 0.6 is 57.9 Å². The van der Waals surface area contributed by atoms with Crippen LogP contribution in [0.3, 0.4) is 0 Å². The molecule has 5 heteroatoms. The minimum absolute atomic E-state index is 0.655. The summed E-state index contributed by atoms with van der Waals surface area (Å²) in [6.07, 6.45) is 0. The number of rotatable bonds is 0. The Balaban J connectivity index is 2.16. The van der Waals surface area contributed by atoms with Crippen LogP contribution in [-0.2, 0) is 11.4 Å². The first-order valence-electron chi connectivity index (χ1n) is 2.89. The summed E-state index contributed by atoms with van der Waals surface area (Å²) in [6, 6.07) is 0. The smallest absolute Gasteiger partial charge is 0.0838 e. The Labute approximate surface area is 96.1 Å². The van der Waals surface area contributed by atoms with Crippen molar-refractivity contribution in [2.24, 2.45) is 0 Å². The van der Waals surface area contributed by atoms with Gasteiger partial charge in [-0.15, -0.1) is 0 Å². The molecule has 0 fully saturated rings. The average Bonchev–Trinajstić information content (AvgIpc) is 2.55. The lowest BCUT2D eigenvalue weighted by Crippen LogP contribution is -1.81. The largest absolute Gasteiger partial charge is 0.286 e. The first-order chi connectivity index (χ1) is 5.36. The zero-order valence-electron chi connectivity index (χ0n) is 5.32. The van der Waals surface area contributed by atoms with E-state index in [0.717, 1.165) is 0 Å². The van der Waals surface area contributed by atoms with Gasteiger partial charge >= 0.3 is 0 Å².